The van der Waals surface area contributed by atoms with Crippen molar-refractivity contribution in [2.45, 2.75) is 33.1 Å². The monoisotopic (exact) mass is 250 g/mol. The van der Waals surface area contributed by atoms with Gasteiger partial charge < -0.3 is 0 Å². The third kappa shape index (κ3) is 2.58. The molecule has 96 valence electrons. The van der Waals surface area contributed by atoms with Crippen LogP contribution in [-0.4, -0.2) is 10.7 Å². The van der Waals surface area contributed by atoms with Crippen LogP contribution in [0.3, 0.4) is 0 Å². The van der Waals surface area contributed by atoms with Gasteiger partial charge in [0.2, 0.25) is 0 Å². The average molecular weight is 250 g/mol. The van der Waals surface area contributed by atoms with Crippen molar-refractivity contribution in [3.63, 3.8) is 0 Å². The van der Waals surface area contributed by atoms with Crippen molar-refractivity contribution in [1.29, 1.82) is 0 Å². The number of nitrogens with zero attached hydrogens (tertiary/aromatic N) is 2. The normalized spacial score (nSPS) is 16.4. The lowest BCUT2D eigenvalue weighted by Gasteiger charge is -2.17. The third-order valence-electron chi connectivity index (χ3n) is 3.53. The molecule has 1 heterocycles. The molecule has 0 amide bonds. The number of aryl methyl sites for hydroxylation is 3. The largest absolute Gasteiger partial charge is 0.254 e. The van der Waals surface area contributed by atoms with Crippen LogP contribution < -0.4 is 0 Å². The SMILES string of the molecule is Cc1ccc(N=C2CCCc3cc(C)cnc32)cc1. The molecule has 0 N–H and O–H groups in total. The highest BCUT2D eigenvalue weighted by molar-refractivity contribution is 6.02. The van der Waals surface area contributed by atoms with Crippen molar-refractivity contribution in [2.75, 3.05) is 0 Å². The Balaban J connectivity index is 2.01. The van der Waals surface area contributed by atoms with Crippen LogP contribution in [0.15, 0.2) is 41.5 Å². The number of fused-ring (bicyclic) bond motifs is 1. The summed E-state index contributed by atoms with van der Waals surface area (Å²) in [6, 6.07) is 10.6. The van der Waals surface area contributed by atoms with Gasteiger partial charge in [0.25, 0.3) is 0 Å². The minimum Gasteiger partial charge on any atom is -0.254 e. The lowest BCUT2D eigenvalue weighted by Crippen LogP contribution is -2.14. The molecule has 0 atom stereocenters. The van der Waals surface area contributed by atoms with Crippen LogP contribution in [0, 0.1) is 13.8 Å². The van der Waals surface area contributed by atoms with Crippen LogP contribution in [0.5, 0.6) is 0 Å². The number of hydrogen-bond acceptors (Lipinski definition) is 2. The molecular weight excluding hydrogens is 232 g/mol. The van der Waals surface area contributed by atoms with Gasteiger partial charge in [0.05, 0.1) is 17.1 Å². The molecule has 2 aromatic rings. The summed E-state index contributed by atoms with van der Waals surface area (Å²) in [6.07, 6.45) is 5.26. The Labute approximate surface area is 114 Å². The molecule has 1 aromatic carbocycles. The molecule has 1 aromatic heterocycles. The molecular formula is C17H18N2. The van der Waals surface area contributed by atoms with Crippen molar-refractivity contribution in [2.24, 2.45) is 4.99 Å². The molecule has 2 heteroatoms. The molecule has 2 nitrogen and oxygen atoms in total. The summed E-state index contributed by atoms with van der Waals surface area (Å²) >= 11 is 0. The molecule has 0 bridgehead atoms. The zero-order chi connectivity index (χ0) is 13.2. The molecule has 0 aliphatic heterocycles. The van der Waals surface area contributed by atoms with E-state index in [2.05, 4.69) is 49.2 Å². The Morgan fingerprint density at radius 2 is 1.79 bits per heavy atom. The fourth-order valence-corrected chi connectivity index (χ4v) is 2.53. The van der Waals surface area contributed by atoms with Gasteiger partial charge >= 0.3 is 0 Å². The fourth-order valence-electron chi connectivity index (χ4n) is 2.53. The van der Waals surface area contributed by atoms with Crippen molar-refractivity contribution in [3.8, 4) is 0 Å². The Morgan fingerprint density at radius 3 is 2.58 bits per heavy atom. The van der Waals surface area contributed by atoms with E-state index in [-0.39, 0.29) is 0 Å². The van der Waals surface area contributed by atoms with Crippen molar-refractivity contribution in [3.05, 3.63) is 58.9 Å². The summed E-state index contributed by atoms with van der Waals surface area (Å²) < 4.78 is 0. The quantitative estimate of drug-likeness (QED) is 0.746. The van der Waals surface area contributed by atoms with Gasteiger partial charge in [0, 0.05) is 6.20 Å². The van der Waals surface area contributed by atoms with Gasteiger partial charge in [-0.1, -0.05) is 23.8 Å². The summed E-state index contributed by atoms with van der Waals surface area (Å²) in [5.74, 6) is 0. The van der Waals surface area contributed by atoms with E-state index in [0.717, 1.165) is 29.9 Å². The van der Waals surface area contributed by atoms with Crippen LogP contribution in [-0.2, 0) is 6.42 Å². The second-order valence-electron chi connectivity index (χ2n) is 5.27. The zero-order valence-corrected chi connectivity index (χ0v) is 11.5. The summed E-state index contributed by atoms with van der Waals surface area (Å²) in [4.78, 5) is 9.37. The first-order valence-electron chi connectivity index (χ1n) is 6.82. The molecule has 0 spiro atoms. The van der Waals surface area contributed by atoms with Crippen LogP contribution in [0.2, 0.25) is 0 Å². The first-order valence-corrected chi connectivity index (χ1v) is 6.82. The zero-order valence-electron chi connectivity index (χ0n) is 11.5. The Bertz CT molecular complexity index is 624. The number of aliphatic imine (C=N–C) groups is 1. The average Bonchev–Trinajstić information content (AvgIpc) is 2.41. The number of hydrogen-bond donors (Lipinski definition) is 0. The van der Waals surface area contributed by atoms with Crippen molar-refractivity contribution in [1.82, 2.24) is 4.98 Å². The standard InChI is InChI=1S/C17H18N2/c1-12-6-8-15(9-7-12)19-16-5-3-4-14-10-13(2)11-18-17(14)16/h6-11H,3-5H2,1-2H3. The number of pyridine rings is 1. The Morgan fingerprint density at radius 1 is 1.00 bits per heavy atom. The van der Waals surface area contributed by atoms with Crippen LogP contribution in [0.4, 0.5) is 5.69 Å². The predicted octanol–water partition coefficient (Wildman–Crippen LogP) is 4.16. The van der Waals surface area contributed by atoms with Gasteiger partial charge in [0.15, 0.2) is 0 Å². The molecule has 1 aliphatic rings. The summed E-state index contributed by atoms with van der Waals surface area (Å²) in [6.45, 7) is 4.19. The summed E-state index contributed by atoms with van der Waals surface area (Å²) in [7, 11) is 0. The molecule has 0 saturated carbocycles. The van der Waals surface area contributed by atoms with E-state index < -0.39 is 0 Å². The van der Waals surface area contributed by atoms with Crippen molar-refractivity contribution < 1.29 is 0 Å². The number of aromatic nitrogens is 1. The molecule has 0 radical (unpaired) electrons. The Kier molecular flexibility index (Phi) is 3.16. The molecule has 3 rings (SSSR count). The van der Waals surface area contributed by atoms with E-state index in [4.69, 9.17) is 4.99 Å². The maximum atomic E-state index is 4.78. The fraction of sp³-hybridized carbons (Fsp3) is 0.294. The van der Waals surface area contributed by atoms with E-state index in [0.29, 0.717) is 0 Å². The van der Waals surface area contributed by atoms with E-state index in [1.54, 1.807) is 0 Å². The van der Waals surface area contributed by atoms with Gasteiger partial charge in [-0.05, 0) is 56.4 Å². The van der Waals surface area contributed by atoms with Crippen molar-refractivity contribution >= 4 is 11.4 Å². The van der Waals surface area contributed by atoms with E-state index in [9.17, 15) is 0 Å². The first-order chi connectivity index (χ1) is 9.22. The molecule has 19 heavy (non-hydrogen) atoms. The highest BCUT2D eigenvalue weighted by Crippen LogP contribution is 2.23. The second-order valence-corrected chi connectivity index (χ2v) is 5.27. The predicted molar refractivity (Wildman–Crippen MR) is 79.3 cm³/mol. The topological polar surface area (TPSA) is 25.2 Å². The van der Waals surface area contributed by atoms with Gasteiger partial charge in [-0.25, -0.2) is 0 Å². The molecule has 0 saturated heterocycles. The maximum Gasteiger partial charge on any atom is 0.0876 e. The minimum absolute atomic E-state index is 1.02. The summed E-state index contributed by atoms with van der Waals surface area (Å²) in [5, 5.41) is 0. The smallest absolute Gasteiger partial charge is 0.0876 e. The van der Waals surface area contributed by atoms with Gasteiger partial charge in [-0.2, -0.15) is 0 Å². The maximum absolute atomic E-state index is 4.78. The second kappa shape index (κ2) is 4.96. The van der Waals surface area contributed by atoms with E-state index in [1.807, 2.05) is 6.20 Å². The van der Waals surface area contributed by atoms with Crippen LogP contribution in [0.1, 0.15) is 35.2 Å². The number of rotatable bonds is 1. The Hall–Kier alpha value is -1.96. The first kappa shape index (κ1) is 12.1. The molecule has 1 aliphatic carbocycles. The lowest BCUT2D eigenvalue weighted by molar-refractivity contribution is 0.824. The highest BCUT2D eigenvalue weighted by Gasteiger charge is 2.16. The van der Waals surface area contributed by atoms with E-state index in [1.165, 1.54) is 23.1 Å². The highest BCUT2D eigenvalue weighted by atomic mass is 14.8. The van der Waals surface area contributed by atoms with Crippen LogP contribution in [0.25, 0.3) is 0 Å². The van der Waals surface area contributed by atoms with Gasteiger partial charge in [-0.15, -0.1) is 0 Å². The lowest BCUT2D eigenvalue weighted by atomic mass is 9.93. The summed E-state index contributed by atoms with van der Waals surface area (Å²) in [5.41, 5.74) is 7.09. The van der Waals surface area contributed by atoms with E-state index >= 15 is 0 Å². The molecule has 0 fully saturated rings. The van der Waals surface area contributed by atoms with Gasteiger partial charge in [0.1, 0.15) is 0 Å². The molecule has 0 unspecified atom stereocenters. The number of benzene rings is 1. The minimum atomic E-state index is 1.02. The van der Waals surface area contributed by atoms with Gasteiger partial charge in [-0.3, -0.25) is 9.98 Å². The third-order valence-corrected chi connectivity index (χ3v) is 3.53. The van der Waals surface area contributed by atoms with Crippen LogP contribution >= 0.6 is 0 Å².